The van der Waals surface area contributed by atoms with Gasteiger partial charge in [-0.1, -0.05) is 32.0 Å². The molecule has 0 fully saturated rings. The molecule has 0 aliphatic carbocycles. The number of rotatable bonds is 6. The van der Waals surface area contributed by atoms with Crippen LogP contribution in [-0.2, 0) is 9.59 Å². The molecule has 1 unspecified atom stereocenters. The van der Waals surface area contributed by atoms with Gasteiger partial charge < -0.3 is 21.1 Å². The Kier molecular flexibility index (Phi) is 5.45. The van der Waals surface area contributed by atoms with Gasteiger partial charge in [-0.05, 0) is 48.7 Å². The highest BCUT2D eigenvalue weighted by atomic mass is 16.3. The minimum atomic E-state index is -0.611. The van der Waals surface area contributed by atoms with Crippen molar-refractivity contribution in [2.45, 2.75) is 26.3 Å². The van der Waals surface area contributed by atoms with Crippen molar-refractivity contribution in [3.8, 4) is 0 Å². The number of hydrogen-bond acceptors (Lipinski definition) is 4. The molecule has 6 heteroatoms. The Morgan fingerprint density at radius 3 is 2.26 bits per heavy atom. The van der Waals surface area contributed by atoms with Gasteiger partial charge in [-0.15, -0.1) is 0 Å². The number of hydrogen-bond donors (Lipinski definition) is 4. The third-order valence-electron chi connectivity index (χ3n) is 4.26. The summed E-state index contributed by atoms with van der Waals surface area (Å²) in [5.74, 6) is -1.06. The SMILES string of the molecule is CC(C)CC1NC(=O)C(C(=O)Nc2ccc(Nc3ccccc3)cc2)=C1O. The van der Waals surface area contributed by atoms with Gasteiger partial charge >= 0.3 is 0 Å². The van der Waals surface area contributed by atoms with E-state index in [0.717, 1.165) is 11.4 Å². The molecule has 1 aliphatic rings. The van der Waals surface area contributed by atoms with Gasteiger partial charge in [-0.2, -0.15) is 0 Å². The number of benzene rings is 2. The van der Waals surface area contributed by atoms with Crippen molar-refractivity contribution in [3.05, 3.63) is 65.9 Å². The standard InChI is InChI=1S/C21H23N3O3/c1-13(2)12-17-19(25)18(21(27)24-17)20(26)23-16-10-8-15(9-11-16)22-14-6-4-3-5-7-14/h3-11,13,17,22,25H,12H2,1-2H3,(H,23,26)(H,24,27). The second-order valence-corrected chi connectivity index (χ2v) is 6.94. The van der Waals surface area contributed by atoms with Crippen molar-refractivity contribution >= 4 is 28.9 Å². The van der Waals surface area contributed by atoms with Gasteiger partial charge in [0.05, 0.1) is 6.04 Å². The number of carbonyl (C=O) groups excluding carboxylic acids is 2. The fourth-order valence-electron chi connectivity index (χ4n) is 2.97. The van der Waals surface area contributed by atoms with E-state index in [2.05, 4.69) is 16.0 Å². The average Bonchev–Trinajstić information content (AvgIpc) is 2.90. The zero-order valence-electron chi connectivity index (χ0n) is 15.3. The predicted octanol–water partition coefficient (Wildman–Crippen LogP) is 3.73. The molecular weight excluding hydrogens is 342 g/mol. The summed E-state index contributed by atoms with van der Waals surface area (Å²) >= 11 is 0. The number of carbonyl (C=O) groups is 2. The molecule has 0 bridgehead atoms. The summed E-state index contributed by atoms with van der Waals surface area (Å²) < 4.78 is 0. The fraction of sp³-hybridized carbons (Fsp3) is 0.238. The molecule has 4 N–H and O–H groups in total. The summed E-state index contributed by atoms with van der Waals surface area (Å²) in [6.07, 6.45) is 0.578. The summed E-state index contributed by atoms with van der Waals surface area (Å²) in [5, 5.41) is 18.8. The van der Waals surface area contributed by atoms with Crippen LogP contribution in [-0.4, -0.2) is 23.0 Å². The third kappa shape index (κ3) is 4.47. The highest BCUT2D eigenvalue weighted by Gasteiger charge is 2.36. The number of anilines is 3. The number of aliphatic hydroxyl groups is 1. The van der Waals surface area contributed by atoms with Crippen molar-refractivity contribution in [3.63, 3.8) is 0 Å². The maximum atomic E-state index is 12.4. The fourth-order valence-corrected chi connectivity index (χ4v) is 2.97. The lowest BCUT2D eigenvalue weighted by molar-refractivity contribution is -0.120. The lowest BCUT2D eigenvalue weighted by atomic mass is 10.0. The molecule has 0 saturated carbocycles. The van der Waals surface area contributed by atoms with E-state index in [-0.39, 0.29) is 17.3 Å². The molecule has 2 aromatic carbocycles. The summed E-state index contributed by atoms with van der Waals surface area (Å²) in [7, 11) is 0. The van der Waals surface area contributed by atoms with Crippen LogP contribution in [0.15, 0.2) is 65.9 Å². The Morgan fingerprint density at radius 2 is 1.63 bits per heavy atom. The van der Waals surface area contributed by atoms with E-state index in [0.29, 0.717) is 12.1 Å². The molecule has 0 radical (unpaired) electrons. The zero-order valence-corrected chi connectivity index (χ0v) is 15.3. The maximum absolute atomic E-state index is 12.4. The molecule has 0 spiro atoms. The van der Waals surface area contributed by atoms with Gasteiger partial charge in [0.25, 0.3) is 11.8 Å². The molecule has 2 amide bonds. The molecule has 1 heterocycles. The Balaban J connectivity index is 1.67. The van der Waals surface area contributed by atoms with E-state index in [1.54, 1.807) is 12.1 Å². The minimum absolute atomic E-state index is 0.187. The lowest BCUT2D eigenvalue weighted by Gasteiger charge is -2.13. The summed E-state index contributed by atoms with van der Waals surface area (Å²) in [5.41, 5.74) is 2.16. The van der Waals surface area contributed by atoms with Crippen LogP contribution in [0.4, 0.5) is 17.1 Å². The van der Waals surface area contributed by atoms with Crippen molar-refractivity contribution in [2.24, 2.45) is 5.92 Å². The Bertz CT molecular complexity index is 858. The van der Waals surface area contributed by atoms with Crippen LogP contribution in [0.25, 0.3) is 0 Å². The maximum Gasteiger partial charge on any atom is 0.264 e. The molecule has 0 aromatic heterocycles. The monoisotopic (exact) mass is 365 g/mol. The first-order valence-electron chi connectivity index (χ1n) is 8.91. The summed E-state index contributed by atoms with van der Waals surface area (Å²) in [4.78, 5) is 24.5. The normalized spacial score (nSPS) is 16.4. The van der Waals surface area contributed by atoms with Gasteiger partial charge in [0.15, 0.2) is 0 Å². The molecule has 2 aromatic rings. The largest absolute Gasteiger partial charge is 0.509 e. The highest BCUT2D eigenvalue weighted by Crippen LogP contribution is 2.23. The van der Waals surface area contributed by atoms with Gasteiger partial charge in [-0.3, -0.25) is 9.59 Å². The molecule has 27 heavy (non-hydrogen) atoms. The van der Waals surface area contributed by atoms with E-state index < -0.39 is 17.9 Å². The smallest absolute Gasteiger partial charge is 0.264 e. The van der Waals surface area contributed by atoms with Crippen LogP contribution in [0.1, 0.15) is 20.3 Å². The van der Waals surface area contributed by atoms with Crippen molar-refractivity contribution in [1.82, 2.24) is 5.32 Å². The molecular formula is C21H23N3O3. The number of para-hydroxylation sites is 1. The van der Waals surface area contributed by atoms with Gasteiger partial charge in [0.2, 0.25) is 0 Å². The molecule has 6 nitrogen and oxygen atoms in total. The van der Waals surface area contributed by atoms with Gasteiger partial charge in [0, 0.05) is 17.1 Å². The first kappa shape index (κ1) is 18.5. The topological polar surface area (TPSA) is 90.5 Å². The second-order valence-electron chi connectivity index (χ2n) is 6.94. The van der Waals surface area contributed by atoms with E-state index in [9.17, 15) is 14.7 Å². The van der Waals surface area contributed by atoms with E-state index >= 15 is 0 Å². The van der Waals surface area contributed by atoms with Crippen LogP contribution < -0.4 is 16.0 Å². The molecule has 1 aliphatic heterocycles. The molecule has 1 atom stereocenters. The van der Waals surface area contributed by atoms with Gasteiger partial charge in [-0.25, -0.2) is 0 Å². The number of amides is 2. The highest BCUT2D eigenvalue weighted by molar-refractivity contribution is 6.24. The van der Waals surface area contributed by atoms with Crippen molar-refractivity contribution < 1.29 is 14.7 Å². The van der Waals surface area contributed by atoms with Crippen LogP contribution in [0.3, 0.4) is 0 Å². The summed E-state index contributed by atoms with van der Waals surface area (Å²) in [6, 6.07) is 16.4. The van der Waals surface area contributed by atoms with E-state index in [4.69, 9.17) is 0 Å². The molecule has 140 valence electrons. The molecule has 0 saturated heterocycles. The first-order chi connectivity index (χ1) is 12.9. The van der Waals surface area contributed by atoms with E-state index in [1.807, 2.05) is 56.3 Å². The quantitative estimate of drug-likeness (QED) is 0.587. The van der Waals surface area contributed by atoms with Crippen LogP contribution in [0, 0.1) is 5.92 Å². The van der Waals surface area contributed by atoms with Crippen LogP contribution >= 0.6 is 0 Å². The van der Waals surface area contributed by atoms with Crippen LogP contribution in [0.2, 0.25) is 0 Å². The van der Waals surface area contributed by atoms with Crippen molar-refractivity contribution in [2.75, 3.05) is 10.6 Å². The number of aliphatic hydroxyl groups excluding tert-OH is 1. The predicted molar refractivity (Wildman–Crippen MR) is 106 cm³/mol. The Hall–Kier alpha value is -3.28. The van der Waals surface area contributed by atoms with Gasteiger partial charge in [0.1, 0.15) is 11.3 Å². The molecule has 3 rings (SSSR count). The average molecular weight is 365 g/mol. The lowest BCUT2D eigenvalue weighted by Crippen LogP contribution is -2.31. The van der Waals surface area contributed by atoms with Crippen molar-refractivity contribution in [1.29, 1.82) is 0 Å². The first-order valence-corrected chi connectivity index (χ1v) is 8.91. The van der Waals surface area contributed by atoms with E-state index in [1.165, 1.54) is 0 Å². The van der Waals surface area contributed by atoms with Crippen LogP contribution in [0.5, 0.6) is 0 Å². The zero-order chi connectivity index (χ0) is 19.4. The minimum Gasteiger partial charge on any atom is -0.509 e. The second kappa shape index (κ2) is 7.95. The number of nitrogens with one attached hydrogen (secondary N) is 3. The Labute approximate surface area is 158 Å². The third-order valence-corrected chi connectivity index (χ3v) is 4.26. The summed E-state index contributed by atoms with van der Waals surface area (Å²) in [6.45, 7) is 3.98. The Morgan fingerprint density at radius 1 is 1.04 bits per heavy atom.